The van der Waals surface area contributed by atoms with Crippen LogP contribution in [0.1, 0.15) is 16.7 Å². The Balaban J connectivity index is 1.68. The maximum absolute atomic E-state index is 13.3. The van der Waals surface area contributed by atoms with Crippen molar-refractivity contribution in [3.05, 3.63) is 95.6 Å². The van der Waals surface area contributed by atoms with Crippen LogP contribution in [0.15, 0.2) is 83.8 Å². The van der Waals surface area contributed by atoms with E-state index in [4.69, 9.17) is 4.74 Å². The molecule has 0 aliphatic rings. The number of aryl methyl sites for hydroxylation is 1. The second kappa shape index (κ2) is 10.9. The summed E-state index contributed by atoms with van der Waals surface area (Å²) in [5.74, 6) is 0.431. The summed E-state index contributed by atoms with van der Waals surface area (Å²) in [7, 11) is -2.23. The topological polar surface area (TPSA) is 75.7 Å². The Morgan fingerprint density at radius 1 is 0.906 bits per heavy atom. The number of ether oxygens (including phenoxy) is 1. The van der Waals surface area contributed by atoms with Crippen molar-refractivity contribution in [3.8, 4) is 5.75 Å². The highest BCUT2D eigenvalue weighted by Gasteiger charge is 2.26. The van der Waals surface area contributed by atoms with E-state index in [1.807, 2.05) is 61.5 Å². The van der Waals surface area contributed by atoms with Crippen LogP contribution in [0.25, 0.3) is 0 Å². The van der Waals surface area contributed by atoms with Gasteiger partial charge in [0.25, 0.3) is 0 Å². The summed E-state index contributed by atoms with van der Waals surface area (Å²) in [6.07, 6.45) is 0.638. The fourth-order valence-electron chi connectivity index (χ4n) is 3.23. The van der Waals surface area contributed by atoms with Crippen LogP contribution in [0.2, 0.25) is 0 Å². The van der Waals surface area contributed by atoms with Crippen molar-refractivity contribution in [1.29, 1.82) is 0 Å². The first kappa shape index (κ1) is 23.5. The molecule has 7 heteroatoms. The molecule has 0 atom stereocenters. The van der Waals surface area contributed by atoms with E-state index in [9.17, 15) is 13.2 Å². The summed E-state index contributed by atoms with van der Waals surface area (Å²) in [5, 5.41) is 2.83. The Hall–Kier alpha value is -3.16. The van der Waals surface area contributed by atoms with E-state index in [2.05, 4.69) is 5.32 Å². The number of hydrogen-bond donors (Lipinski definition) is 1. The molecule has 0 aliphatic heterocycles. The lowest BCUT2D eigenvalue weighted by molar-refractivity contribution is -0.121. The van der Waals surface area contributed by atoms with E-state index < -0.39 is 10.0 Å². The highest BCUT2D eigenvalue weighted by Crippen LogP contribution is 2.19. The number of benzene rings is 3. The van der Waals surface area contributed by atoms with Crippen LogP contribution in [0.5, 0.6) is 5.75 Å². The Labute approximate surface area is 189 Å². The first-order valence-electron chi connectivity index (χ1n) is 10.4. The number of nitrogens with one attached hydrogen (secondary N) is 1. The average molecular weight is 453 g/mol. The number of carbonyl (C=O) groups is 1. The van der Waals surface area contributed by atoms with E-state index in [1.54, 1.807) is 31.4 Å². The van der Waals surface area contributed by atoms with Gasteiger partial charge in [-0.3, -0.25) is 4.79 Å². The summed E-state index contributed by atoms with van der Waals surface area (Å²) < 4.78 is 32.9. The first-order valence-corrected chi connectivity index (χ1v) is 11.8. The monoisotopic (exact) mass is 452 g/mol. The summed E-state index contributed by atoms with van der Waals surface area (Å²) in [4.78, 5) is 12.8. The number of carbonyl (C=O) groups excluding carboxylic acids is 1. The van der Waals surface area contributed by atoms with Crippen LogP contribution in [-0.4, -0.2) is 38.8 Å². The van der Waals surface area contributed by atoms with Gasteiger partial charge in [0.2, 0.25) is 15.9 Å². The Morgan fingerprint density at radius 3 is 2.19 bits per heavy atom. The molecule has 0 unspecified atom stereocenters. The lowest BCUT2D eigenvalue weighted by atomic mass is 10.1. The molecule has 1 N–H and O–H groups in total. The Morgan fingerprint density at radius 2 is 1.56 bits per heavy atom. The molecule has 1 amide bonds. The lowest BCUT2D eigenvalue weighted by Crippen LogP contribution is -2.40. The number of methoxy groups -OCH3 is 1. The van der Waals surface area contributed by atoms with Crippen LogP contribution in [0, 0.1) is 6.92 Å². The summed E-state index contributed by atoms with van der Waals surface area (Å²) in [6, 6.07) is 23.5. The standard InChI is InChI=1S/C25H28N2O4S/c1-20-8-14-24(15-9-20)32(29,30)27(18-22-6-4-3-5-7-22)19-25(28)26-17-16-21-10-12-23(31-2)13-11-21/h3-15H,16-19H2,1-2H3,(H,26,28). The van der Waals surface area contributed by atoms with Crippen LogP contribution < -0.4 is 10.1 Å². The van der Waals surface area contributed by atoms with Gasteiger partial charge in [0.15, 0.2) is 0 Å². The molecule has 168 valence electrons. The third-order valence-electron chi connectivity index (χ3n) is 5.08. The summed E-state index contributed by atoms with van der Waals surface area (Å²) in [5.41, 5.74) is 2.84. The van der Waals surface area contributed by atoms with Gasteiger partial charge in [-0.15, -0.1) is 0 Å². The zero-order valence-electron chi connectivity index (χ0n) is 18.3. The van der Waals surface area contributed by atoms with Gasteiger partial charge in [0.05, 0.1) is 18.6 Å². The van der Waals surface area contributed by atoms with E-state index in [-0.39, 0.29) is 23.9 Å². The molecule has 32 heavy (non-hydrogen) atoms. The average Bonchev–Trinajstić information content (AvgIpc) is 2.80. The minimum Gasteiger partial charge on any atom is -0.497 e. The summed E-state index contributed by atoms with van der Waals surface area (Å²) >= 11 is 0. The second-order valence-electron chi connectivity index (χ2n) is 7.52. The summed E-state index contributed by atoms with van der Waals surface area (Å²) in [6.45, 7) is 2.17. The van der Waals surface area contributed by atoms with Crippen molar-refractivity contribution in [2.75, 3.05) is 20.2 Å². The molecule has 0 saturated carbocycles. The fraction of sp³-hybridized carbons (Fsp3) is 0.240. The number of amides is 1. The number of nitrogens with zero attached hydrogens (tertiary/aromatic N) is 1. The predicted molar refractivity (Wildman–Crippen MR) is 125 cm³/mol. The van der Waals surface area contributed by atoms with E-state index in [1.165, 1.54) is 4.31 Å². The highest BCUT2D eigenvalue weighted by molar-refractivity contribution is 7.89. The molecular weight excluding hydrogens is 424 g/mol. The van der Waals surface area contributed by atoms with Crippen LogP contribution in [0.3, 0.4) is 0 Å². The largest absolute Gasteiger partial charge is 0.497 e. The zero-order valence-corrected chi connectivity index (χ0v) is 19.1. The SMILES string of the molecule is COc1ccc(CCNC(=O)CN(Cc2ccccc2)S(=O)(=O)c2ccc(C)cc2)cc1. The smallest absolute Gasteiger partial charge is 0.243 e. The lowest BCUT2D eigenvalue weighted by Gasteiger charge is -2.22. The van der Waals surface area contributed by atoms with Crippen LogP contribution >= 0.6 is 0 Å². The van der Waals surface area contributed by atoms with E-state index in [0.717, 1.165) is 22.4 Å². The van der Waals surface area contributed by atoms with Crippen molar-refractivity contribution in [3.63, 3.8) is 0 Å². The maximum atomic E-state index is 13.3. The minimum absolute atomic E-state index is 0.114. The molecule has 0 saturated heterocycles. The molecular formula is C25H28N2O4S. The van der Waals surface area contributed by atoms with Crippen LogP contribution in [0.4, 0.5) is 0 Å². The molecule has 6 nitrogen and oxygen atoms in total. The van der Waals surface area contributed by atoms with E-state index in [0.29, 0.717) is 13.0 Å². The molecule has 0 radical (unpaired) electrons. The molecule has 3 rings (SSSR count). The molecule has 3 aromatic carbocycles. The molecule has 0 aromatic heterocycles. The first-order chi connectivity index (χ1) is 15.4. The van der Waals surface area contributed by atoms with Gasteiger partial charge in [-0.2, -0.15) is 4.31 Å². The normalized spacial score (nSPS) is 11.3. The number of rotatable bonds is 10. The van der Waals surface area contributed by atoms with Gasteiger partial charge in [-0.1, -0.05) is 60.2 Å². The molecule has 0 fully saturated rings. The second-order valence-corrected chi connectivity index (χ2v) is 9.46. The molecule has 0 bridgehead atoms. The molecule has 0 spiro atoms. The van der Waals surface area contributed by atoms with Crippen molar-refractivity contribution in [2.24, 2.45) is 0 Å². The van der Waals surface area contributed by atoms with Crippen LogP contribution in [-0.2, 0) is 27.8 Å². The van der Waals surface area contributed by atoms with Gasteiger partial charge in [0, 0.05) is 13.1 Å². The maximum Gasteiger partial charge on any atom is 0.243 e. The molecule has 0 heterocycles. The van der Waals surface area contributed by atoms with Crippen molar-refractivity contribution < 1.29 is 17.9 Å². The molecule has 3 aromatic rings. The third-order valence-corrected chi connectivity index (χ3v) is 6.88. The Bertz CT molecular complexity index is 1110. The van der Waals surface area contributed by atoms with Gasteiger partial charge >= 0.3 is 0 Å². The van der Waals surface area contributed by atoms with Gasteiger partial charge < -0.3 is 10.1 Å². The minimum atomic E-state index is -3.84. The van der Waals surface area contributed by atoms with Gasteiger partial charge in [-0.25, -0.2) is 8.42 Å². The number of sulfonamides is 1. The van der Waals surface area contributed by atoms with Crippen molar-refractivity contribution >= 4 is 15.9 Å². The molecule has 0 aliphatic carbocycles. The highest BCUT2D eigenvalue weighted by atomic mass is 32.2. The van der Waals surface area contributed by atoms with Crippen molar-refractivity contribution in [1.82, 2.24) is 9.62 Å². The van der Waals surface area contributed by atoms with Gasteiger partial charge in [0.1, 0.15) is 5.75 Å². The zero-order chi connectivity index (χ0) is 23.0. The van der Waals surface area contributed by atoms with E-state index >= 15 is 0 Å². The quantitative estimate of drug-likeness (QED) is 0.510. The fourth-order valence-corrected chi connectivity index (χ4v) is 4.61. The van der Waals surface area contributed by atoms with Crippen molar-refractivity contribution in [2.45, 2.75) is 24.8 Å². The Kier molecular flexibility index (Phi) is 8.03. The third kappa shape index (κ3) is 6.42. The number of hydrogen-bond acceptors (Lipinski definition) is 4. The predicted octanol–water partition coefficient (Wildman–Crippen LogP) is 3.55. The van der Waals surface area contributed by atoms with Gasteiger partial charge in [-0.05, 0) is 48.7 Å².